The number of nitrogens with zero attached hydrogens (tertiary/aromatic N) is 2. The smallest absolute Gasteiger partial charge is 0.352 e. The van der Waals surface area contributed by atoms with E-state index in [0.29, 0.717) is 17.8 Å². The van der Waals surface area contributed by atoms with Crippen LogP contribution in [0.1, 0.15) is 21.9 Å². The summed E-state index contributed by atoms with van der Waals surface area (Å²) in [6, 6.07) is 11.2. The van der Waals surface area contributed by atoms with Gasteiger partial charge in [-0.25, -0.2) is 14.2 Å². The Labute approximate surface area is 114 Å². The monoisotopic (exact) mass is 270 g/mol. The van der Waals surface area contributed by atoms with Gasteiger partial charge in [0, 0.05) is 6.42 Å². The summed E-state index contributed by atoms with van der Waals surface area (Å²) in [4.78, 5) is 15.5. The van der Waals surface area contributed by atoms with Gasteiger partial charge in [0.05, 0.1) is 11.7 Å². The van der Waals surface area contributed by atoms with Crippen LogP contribution >= 0.6 is 0 Å². The molecule has 20 heavy (non-hydrogen) atoms. The van der Waals surface area contributed by atoms with E-state index in [1.807, 2.05) is 0 Å². The summed E-state index contributed by atoms with van der Waals surface area (Å²) in [5, 5.41) is 9.23. The number of pyridine rings is 1. The molecule has 0 aliphatic heterocycles. The van der Waals surface area contributed by atoms with Gasteiger partial charge < -0.3 is 5.11 Å². The third kappa shape index (κ3) is 2.14. The average molecular weight is 270 g/mol. The molecule has 0 fully saturated rings. The molecule has 0 saturated carbocycles. The van der Waals surface area contributed by atoms with Gasteiger partial charge in [0.25, 0.3) is 0 Å². The van der Waals surface area contributed by atoms with Gasteiger partial charge in [-0.05, 0) is 29.8 Å². The lowest BCUT2D eigenvalue weighted by Crippen LogP contribution is -2.08. The first-order chi connectivity index (χ1) is 9.65. The molecule has 4 nitrogen and oxygen atoms in total. The minimum atomic E-state index is -1.02. The van der Waals surface area contributed by atoms with Crippen molar-refractivity contribution in [2.75, 3.05) is 0 Å². The van der Waals surface area contributed by atoms with Gasteiger partial charge >= 0.3 is 5.97 Å². The molecule has 5 heteroatoms. The van der Waals surface area contributed by atoms with E-state index in [4.69, 9.17) is 0 Å². The first-order valence-electron chi connectivity index (χ1n) is 6.08. The number of carboxylic acid groups (broad SMARTS) is 1. The van der Waals surface area contributed by atoms with Crippen molar-refractivity contribution in [2.24, 2.45) is 0 Å². The van der Waals surface area contributed by atoms with Crippen LogP contribution in [-0.4, -0.2) is 20.5 Å². The number of fused-ring (bicyclic) bond motifs is 1. The fraction of sp³-hybridized carbons (Fsp3) is 0.0667. The number of benzene rings is 1. The van der Waals surface area contributed by atoms with E-state index in [9.17, 15) is 14.3 Å². The zero-order chi connectivity index (χ0) is 14.1. The molecule has 3 rings (SSSR count). The first kappa shape index (κ1) is 12.3. The van der Waals surface area contributed by atoms with Crippen LogP contribution in [0.4, 0.5) is 4.39 Å². The van der Waals surface area contributed by atoms with Gasteiger partial charge in [-0.2, -0.15) is 0 Å². The van der Waals surface area contributed by atoms with Crippen molar-refractivity contribution in [3.63, 3.8) is 0 Å². The van der Waals surface area contributed by atoms with E-state index in [0.717, 1.165) is 5.56 Å². The Morgan fingerprint density at radius 2 is 2.05 bits per heavy atom. The highest BCUT2D eigenvalue weighted by Gasteiger charge is 2.13. The number of aromatic carboxylic acids is 1. The van der Waals surface area contributed by atoms with Crippen LogP contribution in [0.5, 0.6) is 0 Å². The molecule has 0 radical (unpaired) electrons. The quantitative estimate of drug-likeness (QED) is 0.796. The minimum Gasteiger partial charge on any atom is -0.477 e. The summed E-state index contributed by atoms with van der Waals surface area (Å²) in [5.41, 5.74) is 1.60. The Kier molecular flexibility index (Phi) is 2.95. The largest absolute Gasteiger partial charge is 0.477 e. The van der Waals surface area contributed by atoms with Crippen LogP contribution in [0.25, 0.3) is 5.52 Å². The molecule has 100 valence electrons. The highest BCUT2D eigenvalue weighted by atomic mass is 19.1. The van der Waals surface area contributed by atoms with Gasteiger partial charge in [-0.1, -0.05) is 18.2 Å². The standard InChI is InChI=1S/C15H11FN2O2/c16-11-4-1-3-10(7-11)8-14-17-9-12-5-2-6-13(15(19)20)18(12)14/h1-7,9H,8H2,(H,19,20). The molecule has 0 bridgehead atoms. The second-order valence-corrected chi connectivity index (χ2v) is 4.46. The van der Waals surface area contributed by atoms with Crippen molar-refractivity contribution in [3.8, 4) is 0 Å². The molecule has 1 N–H and O–H groups in total. The third-order valence-electron chi connectivity index (χ3n) is 3.09. The summed E-state index contributed by atoms with van der Waals surface area (Å²) in [7, 11) is 0. The predicted molar refractivity (Wildman–Crippen MR) is 71.4 cm³/mol. The fourth-order valence-corrected chi connectivity index (χ4v) is 2.23. The van der Waals surface area contributed by atoms with Crippen molar-refractivity contribution in [1.82, 2.24) is 9.38 Å². The number of rotatable bonds is 3. The van der Waals surface area contributed by atoms with Crippen LogP contribution in [0.15, 0.2) is 48.7 Å². The normalized spacial score (nSPS) is 10.8. The molecule has 3 aromatic rings. The molecule has 2 heterocycles. The van der Waals surface area contributed by atoms with E-state index in [1.54, 1.807) is 34.9 Å². The Morgan fingerprint density at radius 1 is 1.25 bits per heavy atom. The zero-order valence-corrected chi connectivity index (χ0v) is 10.5. The van der Waals surface area contributed by atoms with Crippen molar-refractivity contribution >= 4 is 11.5 Å². The molecule has 0 aliphatic carbocycles. The van der Waals surface area contributed by atoms with E-state index in [1.165, 1.54) is 18.2 Å². The average Bonchev–Trinajstić information content (AvgIpc) is 2.82. The predicted octanol–water partition coefficient (Wildman–Crippen LogP) is 2.76. The van der Waals surface area contributed by atoms with Crippen molar-refractivity contribution in [2.45, 2.75) is 6.42 Å². The number of halogens is 1. The molecule has 0 atom stereocenters. The third-order valence-corrected chi connectivity index (χ3v) is 3.09. The summed E-state index contributed by atoms with van der Waals surface area (Å²) in [5.74, 6) is -0.764. The lowest BCUT2D eigenvalue weighted by Gasteiger charge is -2.05. The molecule has 1 aromatic carbocycles. The van der Waals surface area contributed by atoms with Crippen LogP contribution in [0.2, 0.25) is 0 Å². The maximum absolute atomic E-state index is 13.2. The van der Waals surface area contributed by atoms with Gasteiger partial charge in [0.1, 0.15) is 17.3 Å². The number of carboxylic acids is 1. The topological polar surface area (TPSA) is 54.6 Å². The van der Waals surface area contributed by atoms with Gasteiger partial charge in [-0.15, -0.1) is 0 Å². The maximum Gasteiger partial charge on any atom is 0.352 e. The maximum atomic E-state index is 13.2. The lowest BCUT2D eigenvalue weighted by atomic mass is 10.1. The number of imidazole rings is 1. The highest BCUT2D eigenvalue weighted by Crippen LogP contribution is 2.15. The fourth-order valence-electron chi connectivity index (χ4n) is 2.23. The van der Waals surface area contributed by atoms with Crippen LogP contribution in [-0.2, 0) is 6.42 Å². The van der Waals surface area contributed by atoms with E-state index >= 15 is 0 Å². The van der Waals surface area contributed by atoms with Crippen LogP contribution < -0.4 is 0 Å². The summed E-state index contributed by atoms with van der Waals surface area (Å²) in [6.45, 7) is 0. The SMILES string of the molecule is O=C(O)c1cccc2cnc(Cc3cccc(F)c3)n12. The number of hydrogen-bond acceptors (Lipinski definition) is 2. The second kappa shape index (κ2) is 4.77. The second-order valence-electron chi connectivity index (χ2n) is 4.46. The summed E-state index contributed by atoms with van der Waals surface area (Å²) >= 11 is 0. The molecule has 2 aromatic heterocycles. The Morgan fingerprint density at radius 3 is 2.80 bits per heavy atom. The van der Waals surface area contributed by atoms with Gasteiger partial charge in [0.2, 0.25) is 0 Å². The van der Waals surface area contributed by atoms with Crippen LogP contribution in [0, 0.1) is 5.82 Å². The molecule has 0 spiro atoms. The Bertz CT molecular complexity index is 795. The van der Waals surface area contributed by atoms with E-state index in [2.05, 4.69) is 4.98 Å². The van der Waals surface area contributed by atoms with Crippen molar-refractivity contribution in [1.29, 1.82) is 0 Å². The Balaban J connectivity index is 2.10. The molecular formula is C15H11FN2O2. The first-order valence-corrected chi connectivity index (χ1v) is 6.08. The summed E-state index contributed by atoms with van der Waals surface area (Å²) in [6.07, 6.45) is 1.98. The molecule has 0 unspecified atom stereocenters. The molecule has 0 saturated heterocycles. The lowest BCUT2D eigenvalue weighted by molar-refractivity contribution is 0.0688. The zero-order valence-electron chi connectivity index (χ0n) is 10.5. The number of carbonyl (C=O) groups is 1. The number of hydrogen-bond donors (Lipinski definition) is 1. The van der Waals surface area contributed by atoms with Crippen molar-refractivity contribution < 1.29 is 14.3 Å². The van der Waals surface area contributed by atoms with Crippen LogP contribution in [0.3, 0.4) is 0 Å². The summed E-state index contributed by atoms with van der Waals surface area (Å²) < 4.78 is 14.8. The highest BCUT2D eigenvalue weighted by molar-refractivity contribution is 5.86. The van der Waals surface area contributed by atoms with E-state index in [-0.39, 0.29) is 11.5 Å². The van der Waals surface area contributed by atoms with Gasteiger partial charge in [-0.3, -0.25) is 4.40 Å². The van der Waals surface area contributed by atoms with Crippen molar-refractivity contribution in [3.05, 3.63) is 71.6 Å². The Hall–Kier alpha value is -2.69. The molecule has 0 amide bonds. The molecular weight excluding hydrogens is 259 g/mol. The molecule has 0 aliphatic rings. The minimum absolute atomic E-state index is 0.145. The van der Waals surface area contributed by atoms with E-state index < -0.39 is 5.97 Å². The van der Waals surface area contributed by atoms with Gasteiger partial charge in [0.15, 0.2) is 0 Å². The number of aromatic nitrogens is 2.